The molecule has 106 valence electrons. The van der Waals surface area contributed by atoms with Crippen LogP contribution in [0, 0.1) is 5.92 Å². The molecule has 0 radical (unpaired) electrons. The normalized spacial score (nSPS) is 22.2. The Morgan fingerprint density at radius 3 is 2.89 bits per heavy atom. The van der Waals surface area contributed by atoms with Crippen molar-refractivity contribution in [2.45, 2.75) is 45.6 Å². The van der Waals surface area contributed by atoms with Crippen LogP contribution >= 0.6 is 0 Å². The van der Waals surface area contributed by atoms with E-state index in [9.17, 15) is 0 Å². The largest absolute Gasteiger partial charge is 0.382 e. The molecule has 0 saturated carbocycles. The van der Waals surface area contributed by atoms with Crippen LogP contribution in [-0.2, 0) is 6.42 Å². The van der Waals surface area contributed by atoms with Crippen LogP contribution in [0.3, 0.4) is 0 Å². The first-order valence-electron chi connectivity index (χ1n) is 7.73. The van der Waals surface area contributed by atoms with E-state index in [1.54, 1.807) is 0 Å². The van der Waals surface area contributed by atoms with Crippen LogP contribution in [0.2, 0.25) is 0 Å². The highest BCUT2D eigenvalue weighted by atomic mass is 15.1. The molecule has 1 aliphatic rings. The second kappa shape index (κ2) is 6.95. The van der Waals surface area contributed by atoms with Crippen molar-refractivity contribution in [1.82, 2.24) is 4.90 Å². The molecule has 2 atom stereocenters. The van der Waals surface area contributed by atoms with Gasteiger partial charge in [-0.3, -0.25) is 0 Å². The van der Waals surface area contributed by atoms with Gasteiger partial charge in [-0.15, -0.1) is 0 Å². The number of benzene rings is 1. The van der Waals surface area contributed by atoms with Crippen molar-refractivity contribution < 1.29 is 0 Å². The molecule has 1 aromatic rings. The Hall–Kier alpha value is -1.02. The Balaban J connectivity index is 1.99. The van der Waals surface area contributed by atoms with Crippen molar-refractivity contribution in [2.75, 3.05) is 25.5 Å². The molecular weight excluding hydrogens is 232 g/mol. The SMILES string of the molecule is CCCc1ccccc1NC(C)C1CCCN(C)C1. The van der Waals surface area contributed by atoms with E-state index in [2.05, 4.69) is 55.4 Å². The first-order valence-corrected chi connectivity index (χ1v) is 7.73. The summed E-state index contributed by atoms with van der Waals surface area (Å²) in [6.45, 7) is 7.07. The molecule has 1 aliphatic heterocycles. The second-order valence-electron chi connectivity index (χ2n) is 6.00. The molecule has 2 nitrogen and oxygen atoms in total. The van der Waals surface area contributed by atoms with Gasteiger partial charge in [-0.05, 0) is 57.3 Å². The number of nitrogens with one attached hydrogen (secondary N) is 1. The van der Waals surface area contributed by atoms with E-state index in [0.29, 0.717) is 6.04 Å². The summed E-state index contributed by atoms with van der Waals surface area (Å²) in [7, 11) is 2.24. The monoisotopic (exact) mass is 260 g/mol. The van der Waals surface area contributed by atoms with Crippen LogP contribution in [-0.4, -0.2) is 31.1 Å². The molecule has 2 heteroatoms. The second-order valence-corrected chi connectivity index (χ2v) is 6.00. The van der Waals surface area contributed by atoms with E-state index in [1.807, 2.05) is 0 Å². The van der Waals surface area contributed by atoms with Gasteiger partial charge in [0, 0.05) is 18.3 Å². The summed E-state index contributed by atoms with van der Waals surface area (Å²) in [5, 5.41) is 3.76. The van der Waals surface area contributed by atoms with Crippen molar-refractivity contribution >= 4 is 5.69 Å². The van der Waals surface area contributed by atoms with Crippen LogP contribution in [0.15, 0.2) is 24.3 Å². The third-order valence-corrected chi connectivity index (χ3v) is 4.29. The fraction of sp³-hybridized carbons (Fsp3) is 0.647. The summed E-state index contributed by atoms with van der Waals surface area (Å²) in [6, 6.07) is 9.33. The van der Waals surface area contributed by atoms with Crippen LogP contribution in [0.25, 0.3) is 0 Å². The molecule has 1 saturated heterocycles. The zero-order valence-electron chi connectivity index (χ0n) is 12.7. The summed E-state index contributed by atoms with van der Waals surface area (Å²) >= 11 is 0. The smallest absolute Gasteiger partial charge is 0.0374 e. The number of nitrogens with zero attached hydrogens (tertiary/aromatic N) is 1. The summed E-state index contributed by atoms with van der Waals surface area (Å²) in [5.41, 5.74) is 2.80. The number of para-hydroxylation sites is 1. The summed E-state index contributed by atoms with van der Waals surface area (Å²) in [6.07, 6.45) is 5.07. The van der Waals surface area contributed by atoms with Crippen molar-refractivity contribution in [3.8, 4) is 0 Å². The average molecular weight is 260 g/mol. The Labute approximate surface area is 118 Å². The first kappa shape index (κ1) is 14.4. The Bertz CT molecular complexity index is 389. The number of hydrogen-bond donors (Lipinski definition) is 1. The van der Waals surface area contributed by atoms with Gasteiger partial charge in [0.1, 0.15) is 0 Å². The fourth-order valence-corrected chi connectivity index (χ4v) is 3.13. The average Bonchev–Trinajstić information content (AvgIpc) is 2.41. The fourth-order valence-electron chi connectivity index (χ4n) is 3.13. The van der Waals surface area contributed by atoms with Crippen molar-refractivity contribution in [3.05, 3.63) is 29.8 Å². The van der Waals surface area contributed by atoms with E-state index in [0.717, 1.165) is 5.92 Å². The molecule has 2 unspecified atom stereocenters. The molecule has 1 aromatic carbocycles. The summed E-state index contributed by atoms with van der Waals surface area (Å²) < 4.78 is 0. The van der Waals surface area contributed by atoms with E-state index < -0.39 is 0 Å². The molecular formula is C17H28N2. The van der Waals surface area contributed by atoms with Gasteiger partial charge in [0.2, 0.25) is 0 Å². The van der Waals surface area contributed by atoms with E-state index >= 15 is 0 Å². The molecule has 1 heterocycles. The maximum absolute atomic E-state index is 3.76. The van der Waals surface area contributed by atoms with Gasteiger partial charge in [0.15, 0.2) is 0 Å². The van der Waals surface area contributed by atoms with Crippen molar-refractivity contribution in [2.24, 2.45) is 5.92 Å². The van der Waals surface area contributed by atoms with Gasteiger partial charge in [-0.25, -0.2) is 0 Å². The molecule has 1 fully saturated rings. The Kier molecular flexibility index (Phi) is 5.26. The lowest BCUT2D eigenvalue weighted by Gasteiger charge is -2.34. The lowest BCUT2D eigenvalue weighted by atomic mass is 9.91. The minimum Gasteiger partial charge on any atom is -0.382 e. The minimum atomic E-state index is 0.556. The van der Waals surface area contributed by atoms with E-state index in [4.69, 9.17) is 0 Å². The number of rotatable bonds is 5. The van der Waals surface area contributed by atoms with E-state index in [-0.39, 0.29) is 0 Å². The molecule has 0 aromatic heterocycles. The van der Waals surface area contributed by atoms with Crippen molar-refractivity contribution in [1.29, 1.82) is 0 Å². The predicted octanol–water partition coefficient (Wildman–Crippen LogP) is 3.78. The number of piperidine rings is 1. The summed E-state index contributed by atoms with van der Waals surface area (Å²) in [5.74, 6) is 0.772. The van der Waals surface area contributed by atoms with Crippen LogP contribution in [0.5, 0.6) is 0 Å². The topological polar surface area (TPSA) is 15.3 Å². The quantitative estimate of drug-likeness (QED) is 0.866. The standard InChI is InChI=1S/C17H28N2/c1-4-8-15-9-5-6-11-17(15)18-14(2)16-10-7-12-19(3)13-16/h5-6,9,11,14,16,18H,4,7-8,10,12-13H2,1-3H3. The van der Waals surface area contributed by atoms with Crippen molar-refractivity contribution in [3.63, 3.8) is 0 Å². The van der Waals surface area contributed by atoms with Gasteiger partial charge in [-0.2, -0.15) is 0 Å². The Morgan fingerprint density at radius 1 is 1.37 bits per heavy atom. The zero-order valence-corrected chi connectivity index (χ0v) is 12.7. The third kappa shape index (κ3) is 3.97. The Morgan fingerprint density at radius 2 is 2.16 bits per heavy atom. The maximum Gasteiger partial charge on any atom is 0.0374 e. The summed E-state index contributed by atoms with van der Waals surface area (Å²) in [4.78, 5) is 2.46. The third-order valence-electron chi connectivity index (χ3n) is 4.29. The number of hydrogen-bond acceptors (Lipinski definition) is 2. The number of likely N-dealkylation sites (tertiary alicyclic amines) is 1. The highest BCUT2D eigenvalue weighted by Gasteiger charge is 2.22. The van der Waals surface area contributed by atoms with Gasteiger partial charge in [0.25, 0.3) is 0 Å². The molecule has 0 spiro atoms. The van der Waals surface area contributed by atoms with Gasteiger partial charge in [0.05, 0.1) is 0 Å². The van der Waals surface area contributed by atoms with E-state index in [1.165, 1.54) is 50.0 Å². The van der Waals surface area contributed by atoms with Gasteiger partial charge < -0.3 is 10.2 Å². The van der Waals surface area contributed by atoms with Gasteiger partial charge >= 0.3 is 0 Å². The minimum absolute atomic E-state index is 0.556. The maximum atomic E-state index is 3.76. The molecule has 0 aliphatic carbocycles. The lowest BCUT2D eigenvalue weighted by Crippen LogP contribution is -2.40. The predicted molar refractivity (Wildman–Crippen MR) is 83.7 cm³/mol. The molecule has 1 N–H and O–H groups in total. The molecule has 0 bridgehead atoms. The zero-order chi connectivity index (χ0) is 13.7. The van der Waals surface area contributed by atoms with Gasteiger partial charge in [-0.1, -0.05) is 31.5 Å². The number of anilines is 1. The highest BCUT2D eigenvalue weighted by Crippen LogP contribution is 2.24. The molecule has 2 rings (SSSR count). The molecule has 19 heavy (non-hydrogen) atoms. The van der Waals surface area contributed by atoms with Crippen LogP contribution in [0.1, 0.15) is 38.7 Å². The number of aryl methyl sites for hydroxylation is 1. The highest BCUT2D eigenvalue weighted by molar-refractivity contribution is 5.51. The van der Waals surface area contributed by atoms with Crippen LogP contribution < -0.4 is 5.32 Å². The van der Waals surface area contributed by atoms with Crippen LogP contribution in [0.4, 0.5) is 5.69 Å². The molecule has 0 amide bonds. The first-order chi connectivity index (χ1) is 9.20. The lowest BCUT2D eigenvalue weighted by molar-refractivity contribution is 0.197.